The largest absolute Gasteiger partial charge is 0.344 e. The summed E-state index contributed by atoms with van der Waals surface area (Å²) in [5, 5.41) is 2.48. The van der Waals surface area contributed by atoms with Gasteiger partial charge in [-0.1, -0.05) is 17.7 Å². The molecule has 20 heavy (non-hydrogen) atoms. The quantitative estimate of drug-likeness (QED) is 0.881. The molecule has 1 unspecified atom stereocenters. The summed E-state index contributed by atoms with van der Waals surface area (Å²) in [5.41, 5.74) is 0.535. The van der Waals surface area contributed by atoms with Crippen LogP contribution in [-0.2, 0) is 0 Å². The van der Waals surface area contributed by atoms with Gasteiger partial charge in [-0.2, -0.15) is 0 Å². The lowest BCUT2D eigenvalue weighted by Gasteiger charge is -2.14. The number of hydrogen-bond acceptors (Lipinski definition) is 2. The molecule has 2 rings (SSSR count). The lowest BCUT2D eigenvalue weighted by atomic mass is 10.1. The van der Waals surface area contributed by atoms with Crippen LogP contribution in [-0.4, -0.2) is 10.9 Å². The number of nitrogens with one attached hydrogen (secondary N) is 1. The monoisotopic (exact) mass is 296 g/mol. The molecule has 0 saturated carbocycles. The van der Waals surface area contributed by atoms with Gasteiger partial charge in [0.25, 0.3) is 5.91 Å². The first-order valence-corrected chi connectivity index (χ1v) is 6.23. The third-order valence-corrected chi connectivity index (χ3v) is 3.05. The van der Waals surface area contributed by atoms with E-state index >= 15 is 0 Å². The summed E-state index contributed by atoms with van der Waals surface area (Å²) in [4.78, 5) is 16.1. The number of carbonyl (C=O) groups excluding carboxylic acids is 1. The molecule has 0 saturated heterocycles. The maximum atomic E-state index is 13.2. The zero-order chi connectivity index (χ0) is 14.7. The van der Waals surface area contributed by atoms with Gasteiger partial charge in [0.15, 0.2) is 11.6 Å². The van der Waals surface area contributed by atoms with Gasteiger partial charge in [-0.3, -0.25) is 9.78 Å². The van der Waals surface area contributed by atoms with Crippen LogP contribution in [0.3, 0.4) is 0 Å². The number of pyridine rings is 1. The van der Waals surface area contributed by atoms with Gasteiger partial charge in [0.2, 0.25) is 0 Å². The third-order valence-electron chi connectivity index (χ3n) is 2.73. The van der Waals surface area contributed by atoms with Gasteiger partial charge in [-0.15, -0.1) is 0 Å². The Labute approximate surface area is 119 Å². The summed E-state index contributed by atoms with van der Waals surface area (Å²) >= 11 is 5.74. The Balaban J connectivity index is 2.19. The molecule has 3 nitrogen and oxygen atoms in total. The molecule has 0 aliphatic heterocycles. The number of carbonyl (C=O) groups is 1. The summed E-state index contributed by atoms with van der Waals surface area (Å²) in [6, 6.07) is 6.46. The van der Waals surface area contributed by atoms with Crippen molar-refractivity contribution in [2.75, 3.05) is 0 Å². The lowest BCUT2D eigenvalue weighted by molar-refractivity contribution is 0.0938. The van der Waals surface area contributed by atoms with Crippen molar-refractivity contribution in [2.45, 2.75) is 13.0 Å². The summed E-state index contributed by atoms with van der Waals surface area (Å²) in [6.07, 6.45) is 1.60. The number of amides is 1. The third kappa shape index (κ3) is 3.11. The van der Waals surface area contributed by atoms with Crippen molar-refractivity contribution in [3.05, 3.63) is 64.4 Å². The summed E-state index contributed by atoms with van der Waals surface area (Å²) < 4.78 is 26.1. The first kappa shape index (κ1) is 14.4. The Morgan fingerprint density at radius 2 is 2.00 bits per heavy atom. The molecule has 0 aliphatic rings. The van der Waals surface area contributed by atoms with E-state index in [4.69, 9.17) is 11.6 Å². The van der Waals surface area contributed by atoms with Gasteiger partial charge < -0.3 is 5.32 Å². The molecule has 1 N–H and O–H groups in total. The van der Waals surface area contributed by atoms with Crippen LogP contribution in [0.4, 0.5) is 8.78 Å². The second kappa shape index (κ2) is 5.96. The minimum absolute atomic E-state index is 0.117. The fourth-order valence-corrected chi connectivity index (χ4v) is 1.91. The molecule has 2 aromatic rings. The number of nitrogens with zero attached hydrogens (tertiary/aromatic N) is 1. The van der Waals surface area contributed by atoms with E-state index in [0.29, 0.717) is 5.69 Å². The van der Waals surface area contributed by atoms with Gasteiger partial charge in [0.05, 0.1) is 22.3 Å². The molecule has 0 bridgehead atoms. The number of halogens is 3. The van der Waals surface area contributed by atoms with Gasteiger partial charge in [0.1, 0.15) is 0 Å². The molecule has 1 atom stereocenters. The van der Waals surface area contributed by atoms with Crippen LogP contribution in [0.2, 0.25) is 5.02 Å². The van der Waals surface area contributed by atoms with Crippen molar-refractivity contribution < 1.29 is 13.6 Å². The molecule has 104 valence electrons. The summed E-state index contributed by atoms with van der Waals surface area (Å²) in [5.74, 6) is -2.80. The predicted octanol–water partition coefficient (Wildman–Crippen LogP) is 3.50. The van der Waals surface area contributed by atoms with Crippen LogP contribution in [0.1, 0.15) is 29.0 Å². The highest BCUT2D eigenvalue weighted by Gasteiger charge is 2.17. The molecule has 1 aromatic heterocycles. The van der Waals surface area contributed by atoms with E-state index < -0.39 is 17.5 Å². The van der Waals surface area contributed by atoms with Gasteiger partial charge in [0, 0.05) is 6.20 Å². The zero-order valence-corrected chi connectivity index (χ0v) is 11.3. The normalized spacial score (nSPS) is 12.0. The van der Waals surface area contributed by atoms with Crippen molar-refractivity contribution in [1.82, 2.24) is 10.3 Å². The highest BCUT2D eigenvalue weighted by atomic mass is 35.5. The first-order valence-electron chi connectivity index (χ1n) is 5.85. The maximum absolute atomic E-state index is 13.2. The Morgan fingerprint density at radius 1 is 1.30 bits per heavy atom. The van der Waals surface area contributed by atoms with Crippen molar-refractivity contribution in [2.24, 2.45) is 0 Å². The van der Waals surface area contributed by atoms with Crippen LogP contribution < -0.4 is 5.32 Å². The molecule has 1 amide bonds. The molecule has 6 heteroatoms. The highest BCUT2D eigenvalue weighted by molar-refractivity contribution is 6.33. The predicted molar refractivity (Wildman–Crippen MR) is 71.5 cm³/mol. The van der Waals surface area contributed by atoms with Crippen molar-refractivity contribution >= 4 is 17.5 Å². The molecule has 0 spiro atoms. The SMILES string of the molecule is CC(NC(=O)c1cc(F)c(F)cc1Cl)c1ccccn1. The van der Waals surface area contributed by atoms with Gasteiger partial charge in [-0.25, -0.2) is 8.78 Å². The Hall–Kier alpha value is -2.01. The van der Waals surface area contributed by atoms with E-state index in [1.54, 1.807) is 31.3 Å². The fourth-order valence-electron chi connectivity index (χ4n) is 1.68. The van der Waals surface area contributed by atoms with E-state index in [0.717, 1.165) is 12.1 Å². The summed E-state index contributed by atoms with van der Waals surface area (Å²) in [6.45, 7) is 1.73. The van der Waals surface area contributed by atoms with Crippen molar-refractivity contribution in [3.8, 4) is 0 Å². The van der Waals surface area contributed by atoms with Gasteiger partial charge in [-0.05, 0) is 31.2 Å². The van der Waals surface area contributed by atoms with Crippen LogP contribution >= 0.6 is 11.6 Å². The first-order chi connectivity index (χ1) is 9.49. The molecular formula is C14H11ClF2N2O. The molecule has 0 aliphatic carbocycles. The standard InChI is InChI=1S/C14H11ClF2N2O/c1-8(13-4-2-3-5-18-13)19-14(20)9-6-11(16)12(17)7-10(9)15/h2-8H,1H3,(H,19,20). The molecule has 1 aromatic carbocycles. The second-order valence-corrected chi connectivity index (χ2v) is 4.60. The van der Waals surface area contributed by atoms with Crippen molar-refractivity contribution in [3.63, 3.8) is 0 Å². The van der Waals surface area contributed by atoms with Gasteiger partial charge >= 0.3 is 0 Å². The van der Waals surface area contributed by atoms with E-state index in [-0.39, 0.29) is 16.6 Å². The topological polar surface area (TPSA) is 42.0 Å². The molecule has 0 fully saturated rings. The average molecular weight is 297 g/mol. The highest BCUT2D eigenvalue weighted by Crippen LogP contribution is 2.21. The van der Waals surface area contributed by atoms with Crippen LogP contribution in [0.5, 0.6) is 0 Å². The Kier molecular flexibility index (Phi) is 4.29. The Bertz CT molecular complexity index is 635. The van der Waals surface area contributed by atoms with Crippen LogP contribution in [0.15, 0.2) is 36.5 Å². The second-order valence-electron chi connectivity index (χ2n) is 4.20. The fraction of sp³-hybridized carbons (Fsp3) is 0.143. The average Bonchev–Trinajstić information content (AvgIpc) is 2.43. The van der Waals surface area contributed by atoms with E-state index in [2.05, 4.69) is 10.3 Å². The van der Waals surface area contributed by atoms with E-state index in [9.17, 15) is 13.6 Å². The number of aromatic nitrogens is 1. The molecule has 0 radical (unpaired) electrons. The van der Waals surface area contributed by atoms with E-state index in [1.165, 1.54) is 0 Å². The number of rotatable bonds is 3. The maximum Gasteiger partial charge on any atom is 0.253 e. The van der Waals surface area contributed by atoms with Crippen LogP contribution in [0, 0.1) is 11.6 Å². The summed E-state index contributed by atoms with van der Waals surface area (Å²) in [7, 11) is 0. The minimum atomic E-state index is -1.12. The zero-order valence-electron chi connectivity index (χ0n) is 10.5. The van der Waals surface area contributed by atoms with E-state index in [1.807, 2.05) is 0 Å². The van der Waals surface area contributed by atoms with Crippen LogP contribution in [0.25, 0.3) is 0 Å². The number of hydrogen-bond donors (Lipinski definition) is 1. The lowest BCUT2D eigenvalue weighted by Crippen LogP contribution is -2.27. The Morgan fingerprint density at radius 3 is 2.65 bits per heavy atom. The number of benzene rings is 1. The molecular weight excluding hydrogens is 286 g/mol. The molecule has 1 heterocycles. The minimum Gasteiger partial charge on any atom is -0.344 e. The van der Waals surface area contributed by atoms with Crippen molar-refractivity contribution in [1.29, 1.82) is 0 Å². The smallest absolute Gasteiger partial charge is 0.253 e.